The zero-order chi connectivity index (χ0) is 35.2. The Morgan fingerprint density at radius 2 is 1.04 bits per heavy atom. The average Bonchev–Trinajstić information content (AvgIpc) is 3.07. The Labute approximate surface area is 296 Å². The third-order valence-electron chi connectivity index (χ3n) is 8.34. The molecule has 0 aromatic heterocycles. The minimum Gasteiger partial charge on any atom is -0.457 e. The summed E-state index contributed by atoms with van der Waals surface area (Å²) >= 11 is 0. The maximum atomic E-state index is 12.5. The quantitative estimate of drug-likeness (QED) is 0.0283. The van der Waals surface area contributed by atoms with Crippen LogP contribution in [0.5, 0.6) is 0 Å². The van der Waals surface area contributed by atoms with E-state index < -0.39 is 13.9 Å². The summed E-state index contributed by atoms with van der Waals surface area (Å²) in [6.07, 6.45) is 39.0. The van der Waals surface area contributed by atoms with Gasteiger partial charge in [0.05, 0.1) is 19.8 Å². The first-order chi connectivity index (χ1) is 23.4. The molecule has 0 bridgehead atoms. The second-order valence-electron chi connectivity index (χ2n) is 13.1. The van der Waals surface area contributed by atoms with Gasteiger partial charge in [0.2, 0.25) is 0 Å². The van der Waals surface area contributed by atoms with Gasteiger partial charge in [-0.3, -0.25) is 13.8 Å². The van der Waals surface area contributed by atoms with Crippen molar-refractivity contribution in [3.8, 4) is 0 Å². The van der Waals surface area contributed by atoms with Gasteiger partial charge >= 0.3 is 13.8 Å². The van der Waals surface area contributed by atoms with Crippen LogP contribution in [0.1, 0.15) is 181 Å². The molecule has 8 nitrogen and oxygen atoms in total. The normalized spacial score (nSPS) is 13.8. The Hall–Kier alpha value is -1.02. The van der Waals surface area contributed by atoms with E-state index in [9.17, 15) is 14.3 Å². The van der Waals surface area contributed by atoms with Crippen molar-refractivity contribution in [3.63, 3.8) is 0 Å². The van der Waals surface area contributed by atoms with Crippen LogP contribution in [0.4, 0.5) is 0 Å². The SMILES string of the molecule is CCCCCCC=CCCCCCCCC(=O)OC(COCCCCCCC=CCCCCCCCCCC)COP(=O)(O)OCCN. The van der Waals surface area contributed by atoms with E-state index in [4.69, 9.17) is 24.3 Å². The molecule has 3 N–H and O–H groups in total. The zero-order valence-electron chi connectivity index (χ0n) is 31.2. The van der Waals surface area contributed by atoms with Gasteiger partial charge in [0, 0.05) is 19.6 Å². The van der Waals surface area contributed by atoms with Crippen LogP contribution in [-0.4, -0.2) is 49.9 Å². The summed E-state index contributed by atoms with van der Waals surface area (Å²) in [6.45, 7) is 4.87. The summed E-state index contributed by atoms with van der Waals surface area (Å²) < 4.78 is 33.3. The van der Waals surface area contributed by atoms with E-state index >= 15 is 0 Å². The highest BCUT2D eigenvalue weighted by Gasteiger charge is 2.25. The molecule has 0 saturated heterocycles. The predicted molar refractivity (Wildman–Crippen MR) is 201 cm³/mol. The summed E-state index contributed by atoms with van der Waals surface area (Å²) in [7, 11) is -4.27. The van der Waals surface area contributed by atoms with Crippen molar-refractivity contribution in [2.24, 2.45) is 5.73 Å². The second-order valence-corrected chi connectivity index (χ2v) is 14.6. The number of hydrogen-bond donors (Lipinski definition) is 2. The number of hydrogen-bond acceptors (Lipinski definition) is 7. The number of ether oxygens (including phenoxy) is 2. The Bertz CT molecular complexity index is 792. The van der Waals surface area contributed by atoms with E-state index in [1.54, 1.807) is 0 Å². The second kappa shape index (κ2) is 37.2. The molecular formula is C39H76NO7P. The van der Waals surface area contributed by atoms with Crippen molar-refractivity contribution in [1.29, 1.82) is 0 Å². The number of nitrogens with two attached hydrogens (primary N) is 1. The molecule has 2 atom stereocenters. The van der Waals surface area contributed by atoms with E-state index in [2.05, 4.69) is 38.2 Å². The van der Waals surface area contributed by atoms with Crippen LogP contribution in [0.2, 0.25) is 0 Å². The van der Waals surface area contributed by atoms with Crippen LogP contribution in [0.25, 0.3) is 0 Å². The van der Waals surface area contributed by atoms with Crippen molar-refractivity contribution in [2.75, 3.05) is 33.0 Å². The van der Waals surface area contributed by atoms with E-state index in [0.717, 1.165) is 57.8 Å². The van der Waals surface area contributed by atoms with Gasteiger partial charge in [0.1, 0.15) is 6.10 Å². The number of allylic oxidation sites excluding steroid dienone is 4. The first-order valence-corrected chi connectivity index (χ1v) is 21.3. The highest BCUT2D eigenvalue weighted by Crippen LogP contribution is 2.43. The number of carbonyl (C=O) groups excluding carboxylic acids is 1. The number of unbranched alkanes of at least 4 members (excludes halogenated alkanes) is 21. The number of phosphoric acid groups is 1. The van der Waals surface area contributed by atoms with E-state index in [0.29, 0.717) is 13.0 Å². The fraction of sp³-hybridized carbons (Fsp3) is 0.872. The molecule has 9 heteroatoms. The van der Waals surface area contributed by atoms with Crippen molar-refractivity contribution < 1.29 is 32.8 Å². The summed E-state index contributed by atoms with van der Waals surface area (Å²) in [5.74, 6) is -0.343. The third-order valence-corrected chi connectivity index (χ3v) is 9.33. The Morgan fingerprint density at radius 3 is 1.54 bits per heavy atom. The Balaban J connectivity index is 4.09. The molecule has 0 rings (SSSR count). The lowest BCUT2D eigenvalue weighted by Gasteiger charge is -2.20. The van der Waals surface area contributed by atoms with Crippen LogP contribution >= 0.6 is 7.82 Å². The summed E-state index contributed by atoms with van der Waals surface area (Å²) in [6, 6.07) is 0. The van der Waals surface area contributed by atoms with Crippen molar-refractivity contribution in [1.82, 2.24) is 0 Å². The number of phosphoric ester groups is 1. The molecule has 2 unspecified atom stereocenters. The highest BCUT2D eigenvalue weighted by atomic mass is 31.2. The number of esters is 1. The van der Waals surface area contributed by atoms with Gasteiger partial charge in [0.25, 0.3) is 0 Å². The maximum absolute atomic E-state index is 12.5. The zero-order valence-corrected chi connectivity index (χ0v) is 32.1. The number of carbonyl (C=O) groups is 1. The Kier molecular flexibility index (Phi) is 36.4. The minimum absolute atomic E-state index is 0.0981. The predicted octanol–water partition coefficient (Wildman–Crippen LogP) is 11.3. The van der Waals surface area contributed by atoms with Crippen LogP contribution in [-0.2, 0) is 27.9 Å². The molecule has 0 aromatic rings. The van der Waals surface area contributed by atoms with E-state index in [1.165, 1.54) is 103 Å². The number of rotatable bonds is 38. The standard InChI is InChI=1S/C39H76NO7P/c1-3-5-7-9-11-13-15-17-18-19-21-23-25-27-29-31-34-44-36-38(37-46-48(42,43)45-35-33-40)47-39(41)32-30-28-26-24-22-20-16-14-12-10-8-6-4-2/h14,16,19,21,38H,3-13,15,17-18,20,22-37,40H2,1-2H3,(H,42,43). The van der Waals surface area contributed by atoms with Gasteiger partial charge in [-0.05, 0) is 64.2 Å². The molecule has 0 aliphatic carbocycles. The van der Waals surface area contributed by atoms with E-state index in [1.807, 2.05) is 0 Å². The third kappa shape index (κ3) is 36.3. The van der Waals surface area contributed by atoms with Gasteiger partial charge in [-0.15, -0.1) is 0 Å². The topological polar surface area (TPSA) is 117 Å². The summed E-state index contributed by atoms with van der Waals surface area (Å²) in [4.78, 5) is 22.4. The molecule has 0 aliphatic rings. The molecule has 0 radical (unpaired) electrons. The van der Waals surface area contributed by atoms with Gasteiger partial charge in [-0.2, -0.15) is 0 Å². The molecule has 0 saturated carbocycles. The molecule has 0 aliphatic heterocycles. The fourth-order valence-corrected chi connectivity index (χ4v) is 6.16. The average molecular weight is 702 g/mol. The molecule has 48 heavy (non-hydrogen) atoms. The largest absolute Gasteiger partial charge is 0.472 e. The van der Waals surface area contributed by atoms with Crippen LogP contribution < -0.4 is 5.73 Å². The Morgan fingerprint density at radius 1 is 0.604 bits per heavy atom. The van der Waals surface area contributed by atoms with Crippen molar-refractivity contribution in [2.45, 2.75) is 187 Å². The molecule has 0 amide bonds. The first-order valence-electron chi connectivity index (χ1n) is 19.8. The summed E-state index contributed by atoms with van der Waals surface area (Å²) in [5.41, 5.74) is 5.35. The monoisotopic (exact) mass is 702 g/mol. The van der Waals surface area contributed by atoms with Gasteiger partial charge < -0.3 is 20.1 Å². The smallest absolute Gasteiger partial charge is 0.457 e. The summed E-state index contributed by atoms with van der Waals surface area (Å²) in [5, 5.41) is 0. The van der Waals surface area contributed by atoms with Crippen molar-refractivity contribution in [3.05, 3.63) is 24.3 Å². The van der Waals surface area contributed by atoms with E-state index in [-0.39, 0.29) is 32.3 Å². The molecule has 0 aromatic carbocycles. The van der Waals surface area contributed by atoms with Gasteiger partial charge in [-0.25, -0.2) is 4.57 Å². The lowest BCUT2D eigenvalue weighted by atomic mass is 10.1. The van der Waals surface area contributed by atoms with Crippen molar-refractivity contribution >= 4 is 13.8 Å². The molecule has 284 valence electrons. The maximum Gasteiger partial charge on any atom is 0.472 e. The first kappa shape index (κ1) is 47.0. The molecular weight excluding hydrogens is 625 g/mol. The highest BCUT2D eigenvalue weighted by molar-refractivity contribution is 7.47. The fourth-order valence-electron chi connectivity index (χ4n) is 5.40. The lowest BCUT2D eigenvalue weighted by molar-refractivity contribution is -0.154. The minimum atomic E-state index is -4.27. The van der Waals surface area contributed by atoms with Crippen LogP contribution in [0, 0.1) is 0 Å². The molecule has 0 fully saturated rings. The molecule has 0 spiro atoms. The van der Waals surface area contributed by atoms with Gasteiger partial charge in [-0.1, -0.05) is 134 Å². The van der Waals surface area contributed by atoms with Gasteiger partial charge in [0.15, 0.2) is 0 Å². The van der Waals surface area contributed by atoms with Crippen LogP contribution in [0.3, 0.4) is 0 Å². The van der Waals surface area contributed by atoms with Crippen LogP contribution in [0.15, 0.2) is 24.3 Å². The molecule has 0 heterocycles. The lowest BCUT2D eigenvalue weighted by Crippen LogP contribution is -2.28.